The molecule has 0 saturated carbocycles. The molecule has 0 aliphatic carbocycles. The van der Waals surface area contributed by atoms with E-state index in [-0.39, 0.29) is 5.91 Å². The average molecular weight is 414 g/mol. The van der Waals surface area contributed by atoms with Crippen molar-refractivity contribution in [1.82, 2.24) is 14.9 Å². The smallest absolute Gasteiger partial charge is 0.251 e. The number of hydrogen-bond donors (Lipinski definition) is 1. The van der Waals surface area contributed by atoms with Crippen molar-refractivity contribution in [2.45, 2.75) is 32.9 Å². The zero-order valence-corrected chi connectivity index (χ0v) is 18.1. The average Bonchev–Trinajstić information content (AvgIpc) is 3.15. The molecule has 0 saturated heterocycles. The minimum Gasteiger partial charge on any atom is -0.497 e. The molecular weight excluding hydrogens is 386 g/mol. The molecule has 31 heavy (non-hydrogen) atoms. The third-order valence-electron chi connectivity index (χ3n) is 5.48. The summed E-state index contributed by atoms with van der Waals surface area (Å²) in [5.74, 6) is 1.92. The summed E-state index contributed by atoms with van der Waals surface area (Å²) in [5, 5.41) is 3.00. The Morgan fingerprint density at radius 2 is 1.71 bits per heavy atom. The number of rotatable bonds is 7. The van der Waals surface area contributed by atoms with Gasteiger partial charge in [0, 0.05) is 12.1 Å². The van der Waals surface area contributed by atoms with Crippen LogP contribution in [0.2, 0.25) is 0 Å². The van der Waals surface area contributed by atoms with Gasteiger partial charge in [0.2, 0.25) is 0 Å². The summed E-state index contributed by atoms with van der Waals surface area (Å²) < 4.78 is 7.33. The second-order valence-corrected chi connectivity index (χ2v) is 7.91. The number of carbonyl (C=O) groups is 1. The molecule has 5 nitrogen and oxygen atoms in total. The molecule has 0 spiro atoms. The third kappa shape index (κ3) is 4.61. The van der Waals surface area contributed by atoms with Crippen molar-refractivity contribution in [3.05, 3.63) is 95.3 Å². The zero-order valence-electron chi connectivity index (χ0n) is 18.1. The van der Waals surface area contributed by atoms with Gasteiger partial charge >= 0.3 is 0 Å². The van der Waals surface area contributed by atoms with E-state index in [4.69, 9.17) is 9.72 Å². The van der Waals surface area contributed by atoms with Crippen LogP contribution in [0.3, 0.4) is 0 Å². The molecule has 4 rings (SSSR count). The SMILES string of the molecule is COc1ccc(C(=O)NCc2nc3ccccc3n2Cc2ccc(C(C)C)cc2)cc1. The van der Waals surface area contributed by atoms with Gasteiger partial charge in [-0.2, -0.15) is 0 Å². The molecule has 0 fully saturated rings. The second kappa shape index (κ2) is 9.04. The third-order valence-corrected chi connectivity index (χ3v) is 5.48. The lowest BCUT2D eigenvalue weighted by molar-refractivity contribution is 0.0949. The van der Waals surface area contributed by atoms with Crippen LogP contribution in [0.1, 0.15) is 47.1 Å². The number of benzene rings is 3. The van der Waals surface area contributed by atoms with E-state index in [9.17, 15) is 4.79 Å². The van der Waals surface area contributed by atoms with Crippen molar-refractivity contribution in [2.24, 2.45) is 0 Å². The predicted molar refractivity (Wildman–Crippen MR) is 124 cm³/mol. The molecule has 0 aliphatic heterocycles. The van der Waals surface area contributed by atoms with Gasteiger partial charge in [0.25, 0.3) is 5.91 Å². The van der Waals surface area contributed by atoms with Crippen LogP contribution < -0.4 is 10.1 Å². The van der Waals surface area contributed by atoms with E-state index in [2.05, 4.69) is 54.1 Å². The normalized spacial score (nSPS) is 11.1. The quantitative estimate of drug-likeness (QED) is 0.456. The molecule has 1 N–H and O–H groups in total. The summed E-state index contributed by atoms with van der Waals surface area (Å²) in [6, 6.07) is 23.9. The Balaban J connectivity index is 1.56. The summed E-state index contributed by atoms with van der Waals surface area (Å²) >= 11 is 0. The molecule has 0 radical (unpaired) electrons. The molecule has 1 aromatic heterocycles. The van der Waals surface area contributed by atoms with Crippen LogP contribution in [0.25, 0.3) is 11.0 Å². The maximum absolute atomic E-state index is 12.6. The maximum atomic E-state index is 12.6. The number of methoxy groups -OCH3 is 1. The van der Waals surface area contributed by atoms with E-state index >= 15 is 0 Å². The van der Waals surface area contributed by atoms with Gasteiger partial charge in [0.1, 0.15) is 11.6 Å². The fourth-order valence-corrected chi connectivity index (χ4v) is 3.63. The molecular formula is C26H27N3O2. The molecule has 0 atom stereocenters. The van der Waals surface area contributed by atoms with Crippen molar-refractivity contribution in [1.29, 1.82) is 0 Å². The van der Waals surface area contributed by atoms with Crippen LogP contribution in [-0.4, -0.2) is 22.6 Å². The molecule has 1 heterocycles. The number of carbonyl (C=O) groups excluding carboxylic acids is 1. The molecule has 3 aromatic carbocycles. The minimum absolute atomic E-state index is 0.137. The van der Waals surface area contributed by atoms with Crippen molar-refractivity contribution in [3.8, 4) is 5.75 Å². The largest absolute Gasteiger partial charge is 0.497 e. The first-order chi connectivity index (χ1) is 15.0. The number of para-hydroxylation sites is 2. The zero-order chi connectivity index (χ0) is 21.8. The maximum Gasteiger partial charge on any atom is 0.251 e. The first-order valence-corrected chi connectivity index (χ1v) is 10.5. The Morgan fingerprint density at radius 1 is 1.00 bits per heavy atom. The second-order valence-electron chi connectivity index (χ2n) is 7.91. The Hall–Kier alpha value is -3.60. The molecule has 4 aromatic rings. The van der Waals surface area contributed by atoms with Gasteiger partial charge in [0.05, 0.1) is 24.7 Å². The van der Waals surface area contributed by atoms with Crippen LogP contribution in [-0.2, 0) is 13.1 Å². The van der Waals surface area contributed by atoms with Gasteiger partial charge in [0.15, 0.2) is 0 Å². The van der Waals surface area contributed by atoms with Crippen molar-refractivity contribution in [3.63, 3.8) is 0 Å². The van der Waals surface area contributed by atoms with E-state index in [0.29, 0.717) is 24.6 Å². The van der Waals surface area contributed by atoms with Crippen molar-refractivity contribution in [2.75, 3.05) is 7.11 Å². The van der Waals surface area contributed by atoms with E-state index in [1.807, 2.05) is 18.2 Å². The summed E-state index contributed by atoms with van der Waals surface area (Å²) in [4.78, 5) is 17.4. The summed E-state index contributed by atoms with van der Waals surface area (Å²) in [6.07, 6.45) is 0. The summed E-state index contributed by atoms with van der Waals surface area (Å²) in [5.41, 5.74) is 5.10. The molecule has 158 valence electrons. The lowest BCUT2D eigenvalue weighted by atomic mass is 10.0. The molecule has 5 heteroatoms. The lowest BCUT2D eigenvalue weighted by Crippen LogP contribution is -2.24. The Morgan fingerprint density at radius 3 is 2.39 bits per heavy atom. The van der Waals surface area contributed by atoms with E-state index in [0.717, 1.165) is 22.6 Å². The van der Waals surface area contributed by atoms with Crippen LogP contribution in [0.4, 0.5) is 0 Å². The highest BCUT2D eigenvalue weighted by molar-refractivity contribution is 5.94. The van der Waals surface area contributed by atoms with Gasteiger partial charge < -0.3 is 14.6 Å². The minimum atomic E-state index is -0.137. The predicted octanol–water partition coefficient (Wildman–Crippen LogP) is 5.15. The van der Waals surface area contributed by atoms with Crippen LogP contribution >= 0.6 is 0 Å². The summed E-state index contributed by atoms with van der Waals surface area (Å²) in [6.45, 7) is 5.44. The highest BCUT2D eigenvalue weighted by atomic mass is 16.5. The molecule has 0 bridgehead atoms. The van der Waals surface area contributed by atoms with Crippen LogP contribution in [0, 0.1) is 0 Å². The van der Waals surface area contributed by atoms with Gasteiger partial charge in [-0.15, -0.1) is 0 Å². The lowest BCUT2D eigenvalue weighted by Gasteiger charge is -2.12. The number of imidazole rings is 1. The highest BCUT2D eigenvalue weighted by Crippen LogP contribution is 2.20. The Labute approximate surface area is 182 Å². The topological polar surface area (TPSA) is 56.1 Å². The Bertz CT molecular complexity index is 1180. The first-order valence-electron chi connectivity index (χ1n) is 10.5. The molecule has 0 aliphatic rings. The molecule has 0 unspecified atom stereocenters. The van der Waals surface area contributed by atoms with Gasteiger partial charge in [-0.05, 0) is 53.4 Å². The fourth-order valence-electron chi connectivity index (χ4n) is 3.63. The van der Waals surface area contributed by atoms with E-state index in [1.165, 1.54) is 11.1 Å². The van der Waals surface area contributed by atoms with E-state index < -0.39 is 0 Å². The number of hydrogen-bond acceptors (Lipinski definition) is 3. The number of nitrogens with one attached hydrogen (secondary N) is 1. The Kier molecular flexibility index (Phi) is 6.03. The van der Waals surface area contributed by atoms with Crippen LogP contribution in [0.5, 0.6) is 5.75 Å². The fraction of sp³-hybridized carbons (Fsp3) is 0.231. The van der Waals surface area contributed by atoms with Crippen molar-refractivity contribution < 1.29 is 9.53 Å². The first kappa shape index (κ1) is 20.7. The van der Waals surface area contributed by atoms with Gasteiger partial charge in [-0.3, -0.25) is 4.79 Å². The van der Waals surface area contributed by atoms with Gasteiger partial charge in [-0.1, -0.05) is 50.2 Å². The van der Waals surface area contributed by atoms with Gasteiger partial charge in [-0.25, -0.2) is 4.98 Å². The monoisotopic (exact) mass is 413 g/mol. The number of amides is 1. The van der Waals surface area contributed by atoms with Crippen molar-refractivity contribution >= 4 is 16.9 Å². The number of fused-ring (bicyclic) bond motifs is 1. The highest BCUT2D eigenvalue weighted by Gasteiger charge is 2.13. The van der Waals surface area contributed by atoms with E-state index in [1.54, 1.807) is 31.4 Å². The summed E-state index contributed by atoms with van der Waals surface area (Å²) in [7, 11) is 1.61. The standard InChI is InChI=1S/C26H27N3O2/c1-18(2)20-10-8-19(9-11-20)17-29-24-7-5-4-6-23(24)28-25(29)16-27-26(30)21-12-14-22(31-3)15-13-21/h4-15,18H,16-17H2,1-3H3,(H,27,30). The van der Waals surface area contributed by atoms with Crippen LogP contribution in [0.15, 0.2) is 72.8 Å². The number of aromatic nitrogens is 2. The number of ether oxygens (including phenoxy) is 1. The molecule has 1 amide bonds. The number of nitrogens with zero attached hydrogens (tertiary/aromatic N) is 2.